The van der Waals surface area contributed by atoms with Crippen LogP contribution in [0.2, 0.25) is 0 Å². The van der Waals surface area contributed by atoms with Crippen molar-refractivity contribution in [3.63, 3.8) is 0 Å². The molecule has 1 aromatic rings. The molecule has 1 aliphatic rings. The Kier molecular flexibility index (Phi) is 5.09. The number of nitrogen functional groups attached to an aromatic ring is 1. The highest BCUT2D eigenvalue weighted by Gasteiger charge is 2.14. The normalized spacial score (nSPS) is 13.6. The van der Waals surface area contributed by atoms with Crippen LogP contribution in [0.1, 0.15) is 12.0 Å². The van der Waals surface area contributed by atoms with Gasteiger partial charge in [0.15, 0.2) is 0 Å². The molecule has 0 fully saturated rings. The molecule has 4 heteroatoms. The molecule has 0 aliphatic carbocycles. The quantitative estimate of drug-likeness (QED) is 0.700. The lowest BCUT2D eigenvalue weighted by molar-refractivity contribution is 0.746. The summed E-state index contributed by atoms with van der Waals surface area (Å²) >= 11 is 0. The number of fused-ring (bicyclic) bond motifs is 1. The highest BCUT2D eigenvalue weighted by Crippen LogP contribution is 2.29. The minimum Gasteiger partial charge on any atom is -0.398 e. The maximum Gasteiger partial charge on any atom is 0.0416 e. The summed E-state index contributed by atoms with van der Waals surface area (Å²) in [5.41, 5.74) is 9.45. The molecule has 0 saturated carbocycles. The SMILES string of the molecule is CN1CCCc2c(N)cccc21.Cl.Cl. The van der Waals surface area contributed by atoms with Crippen LogP contribution in [-0.2, 0) is 6.42 Å². The summed E-state index contributed by atoms with van der Waals surface area (Å²) in [6.45, 7) is 1.15. The van der Waals surface area contributed by atoms with Crippen molar-refractivity contribution in [2.24, 2.45) is 0 Å². The zero-order chi connectivity index (χ0) is 8.55. The van der Waals surface area contributed by atoms with Crippen LogP contribution >= 0.6 is 24.8 Å². The van der Waals surface area contributed by atoms with Crippen molar-refractivity contribution in [1.29, 1.82) is 0 Å². The Balaban J connectivity index is 0.000000845. The molecule has 0 aromatic heterocycles. The van der Waals surface area contributed by atoms with Gasteiger partial charge in [0.25, 0.3) is 0 Å². The zero-order valence-electron chi connectivity index (χ0n) is 8.19. The molecule has 0 spiro atoms. The summed E-state index contributed by atoms with van der Waals surface area (Å²) in [6.07, 6.45) is 2.35. The van der Waals surface area contributed by atoms with Crippen LogP contribution in [0.3, 0.4) is 0 Å². The monoisotopic (exact) mass is 234 g/mol. The Labute approximate surface area is 97.3 Å². The van der Waals surface area contributed by atoms with Gasteiger partial charge in [0.1, 0.15) is 0 Å². The average molecular weight is 235 g/mol. The Bertz CT molecular complexity index is 302. The van der Waals surface area contributed by atoms with Crippen LogP contribution in [0.15, 0.2) is 18.2 Å². The van der Waals surface area contributed by atoms with Crippen molar-refractivity contribution < 1.29 is 0 Å². The zero-order valence-corrected chi connectivity index (χ0v) is 9.83. The first-order chi connectivity index (χ1) is 5.79. The van der Waals surface area contributed by atoms with Gasteiger partial charge >= 0.3 is 0 Å². The molecule has 0 saturated heterocycles. The fraction of sp³-hybridized carbons (Fsp3) is 0.400. The standard InChI is InChI=1S/C10H14N2.2ClH/c1-12-7-3-4-8-9(11)5-2-6-10(8)12;;/h2,5-6H,3-4,7,11H2,1H3;2*1H. The van der Waals surface area contributed by atoms with Gasteiger partial charge in [-0.05, 0) is 30.5 Å². The van der Waals surface area contributed by atoms with E-state index in [-0.39, 0.29) is 24.8 Å². The number of halogens is 2. The molecule has 1 heterocycles. The predicted octanol–water partition coefficient (Wildman–Crippen LogP) is 2.49. The maximum absolute atomic E-state index is 5.88. The fourth-order valence-corrected chi connectivity index (χ4v) is 1.84. The molecular formula is C10H16Cl2N2. The van der Waals surface area contributed by atoms with Crippen LogP contribution < -0.4 is 10.6 Å². The van der Waals surface area contributed by atoms with E-state index >= 15 is 0 Å². The molecule has 2 rings (SSSR count). The predicted molar refractivity (Wildman–Crippen MR) is 66.9 cm³/mol. The van der Waals surface area contributed by atoms with Crippen LogP contribution in [0.5, 0.6) is 0 Å². The Hall–Kier alpha value is -0.600. The molecule has 80 valence electrons. The third-order valence-corrected chi connectivity index (χ3v) is 2.52. The van der Waals surface area contributed by atoms with Crippen molar-refractivity contribution in [3.05, 3.63) is 23.8 Å². The molecule has 0 atom stereocenters. The molecule has 2 nitrogen and oxygen atoms in total. The number of hydrogen-bond acceptors (Lipinski definition) is 2. The van der Waals surface area contributed by atoms with E-state index in [1.807, 2.05) is 12.1 Å². The second-order valence-electron chi connectivity index (χ2n) is 3.37. The first-order valence-electron chi connectivity index (χ1n) is 4.37. The van der Waals surface area contributed by atoms with E-state index in [4.69, 9.17) is 5.73 Å². The van der Waals surface area contributed by atoms with E-state index in [1.165, 1.54) is 17.7 Å². The minimum atomic E-state index is 0. The van der Waals surface area contributed by atoms with E-state index in [2.05, 4.69) is 18.0 Å². The highest BCUT2D eigenvalue weighted by atomic mass is 35.5. The first kappa shape index (κ1) is 13.4. The molecular weight excluding hydrogens is 219 g/mol. The number of hydrogen-bond donors (Lipinski definition) is 1. The molecule has 0 bridgehead atoms. The summed E-state index contributed by atoms with van der Waals surface area (Å²) in [6, 6.07) is 6.15. The van der Waals surface area contributed by atoms with E-state index < -0.39 is 0 Å². The van der Waals surface area contributed by atoms with Gasteiger partial charge in [0, 0.05) is 25.0 Å². The van der Waals surface area contributed by atoms with Crippen LogP contribution in [0.25, 0.3) is 0 Å². The summed E-state index contributed by atoms with van der Waals surface area (Å²) < 4.78 is 0. The Morgan fingerprint density at radius 1 is 1.29 bits per heavy atom. The van der Waals surface area contributed by atoms with Gasteiger partial charge < -0.3 is 10.6 Å². The molecule has 1 aliphatic heterocycles. The summed E-state index contributed by atoms with van der Waals surface area (Å²) in [5.74, 6) is 0. The van der Waals surface area contributed by atoms with E-state index in [0.29, 0.717) is 0 Å². The molecule has 14 heavy (non-hydrogen) atoms. The number of anilines is 2. The maximum atomic E-state index is 5.88. The van der Waals surface area contributed by atoms with E-state index in [1.54, 1.807) is 0 Å². The van der Waals surface area contributed by atoms with Crippen molar-refractivity contribution in [3.8, 4) is 0 Å². The van der Waals surface area contributed by atoms with Crippen LogP contribution in [0.4, 0.5) is 11.4 Å². The molecule has 0 unspecified atom stereocenters. The minimum absolute atomic E-state index is 0. The first-order valence-corrected chi connectivity index (χ1v) is 4.37. The lowest BCUT2D eigenvalue weighted by Gasteiger charge is -2.28. The lowest BCUT2D eigenvalue weighted by atomic mass is 10.0. The number of nitrogens with two attached hydrogens (primary N) is 1. The topological polar surface area (TPSA) is 29.3 Å². The third-order valence-electron chi connectivity index (χ3n) is 2.52. The van der Waals surface area contributed by atoms with Gasteiger partial charge in [0.05, 0.1) is 0 Å². The van der Waals surface area contributed by atoms with Crippen LogP contribution in [0, 0.1) is 0 Å². The molecule has 0 radical (unpaired) electrons. The number of rotatable bonds is 0. The second kappa shape index (κ2) is 5.32. The molecule has 0 amide bonds. The number of benzene rings is 1. The van der Waals surface area contributed by atoms with Gasteiger partial charge in [-0.3, -0.25) is 0 Å². The summed E-state index contributed by atoms with van der Waals surface area (Å²) in [7, 11) is 2.12. The summed E-state index contributed by atoms with van der Waals surface area (Å²) in [5, 5.41) is 0. The average Bonchev–Trinajstić information content (AvgIpc) is 2.07. The van der Waals surface area contributed by atoms with Crippen LogP contribution in [-0.4, -0.2) is 13.6 Å². The summed E-state index contributed by atoms with van der Waals surface area (Å²) in [4.78, 5) is 2.27. The highest BCUT2D eigenvalue weighted by molar-refractivity contribution is 5.85. The fourth-order valence-electron chi connectivity index (χ4n) is 1.84. The van der Waals surface area contributed by atoms with Crippen molar-refractivity contribution >= 4 is 36.2 Å². The van der Waals surface area contributed by atoms with E-state index in [0.717, 1.165) is 18.7 Å². The number of nitrogens with zero attached hydrogens (tertiary/aromatic N) is 1. The third kappa shape index (κ3) is 2.25. The Morgan fingerprint density at radius 2 is 2.00 bits per heavy atom. The lowest BCUT2D eigenvalue weighted by Crippen LogP contribution is -2.25. The van der Waals surface area contributed by atoms with Gasteiger partial charge in [-0.15, -0.1) is 24.8 Å². The molecule has 2 N–H and O–H groups in total. The van der Waals surface area contributed by atoms with Gasteiger partial charge in [-0.1, -0.05) is 6.07 Å². The van der Waals surface area contributed by atoms with Gasteiger partial charge in [-0.2, -0.15) is 0 Å². The largest absolute Gasteiger partial charge is 0.398 e. The molecule has 1 aromatic carbocycles. The van der Waals surface area contributed by atoms with Gasteiger partial charge in [-0.25, -0.2) is 0 Å². The smallest absolute Gasteiger partial charge is 0.0416 e. The second-order valence-corrected chi connectivity index (χ2v) is 3.37. The van der Waals surface area contributed by atoms with Crippen molar-refractivity contribution in [1.82, 2.24) is 0 Å². The van der Waals surface area contributed by atoms with Crippen molar-refractivity contribution in [2.45, 2.75) is 12.8 Å². The van der Waals surface area contributed by atoms with Crippen molar-refractivity contribution in [2.75, 3.05) is 24.2 Å². The Morgan fingerprint density at radius 3 is 2.64 bits per heavy atom. The van der Waals surface area contributed by atoms with Gasteiger partial charge in [0.2, 0.25) is 0 Å². The van der Waals surface area contributed by atoms with E-state index in [9.17, 15) is 0 Å².